The molecule has 220 valence electrons. The molecule has 0 unspecified atom stereocenters. The van der Waals surface area contributed by atoms with E-state index in [-0.39, 0.29) is 18.3 Å². The third-order valence-electron chi connectivity index (χ3n) is 6.96. The number of carbonyl (C=O) groups is 1. The molecule has 1 fully saturated rings. The Morgan fingerprint density at radius 3 is 2.17 bits per heavy atom. The van der Waals surface area contributed by atoms with E-state index in [9.17, 15) is 31.9 Å². The van der Waals surface area contributed by atoms with Crippen molar-refractivity contribution in [2.45, 2.75) is 58.4 Å². The third kappa shape index (κ3) is 7.05. The Labute approximate surface area is 234 Å². The first kappa shape index (κ1) is 30.5. The summed E-state index contributed by atoms with van der Waals surface area (Å²) in [4.78, 5) is 11.8. The third-order valence-corrected chi connectivity index (χ3v) is 6.96. The van der Waals surface area contributed by atoms with Crippen LogP contribution in [0.25, 0.3) is 11.1 Å². The quantitative estimate of drug-likeness (QED) is 0.185. The van der Waals surface area contributed by atoms with Gasteiger partial charge >= 0.3 is 6.11 Å². The number of halogens is 5. The number of aromatic hydroxyl groups is 1. The lowest BCUT2D eigenvalue weighted by molar-refractivity contribution is -0.203. The number of carbonyl (C=O) groups excluding carboxylic acids is 1. The number of rotatable bonds is 11. The Hall–Kier alpha value is -3.50. The molecule has 5 nitrogen and oxygen atoms in total. The summed E-state index contributed by atoms with van der Waals surface area (Å²) in [7, 11) is 0. The van der Waals surface area contributed by atoms with Crippen LogP contribution >= 0.6 is 0 Å². The number of alkyl halides is 2. The Kier molecular flexibility index (Phi) is 9.65. The van der Waals surface area contributed by atoms with Gasteiger partial charge in [-0.3, -0.25) is 4.79 Å². The minimum Gasteiger partial charge on any atom is -0.504 e. The maximum absolute atomic E-state index is 14.9. The van der Waals surface area contributed by atoms with Gasteiger partial charge in [0.25, 0.3) is 0 Å². The first-order valence-electron chi connectivity index (χ1n) is 13.5. The van der Waals surface area contributed by atoms with Crippen molar-refractivity contribution in [1.82, 2.24) is 0 Å². The molecule has 0 amide bonds. The van der Waals surface area contributed by atoms with E-state index in [2.05, 4.69) is 11.7 Å². The first-order chi connectivity index (χ1) is 19.5. The van der Waals surface area contributed by atoms with Gasteiger partial charge in [0.1, 0.15) is 17.2 Å². The van der Waals surface area contributed by atoms with Crippen molar-refractivity contribution >= 4 is 5.78 Å². The molecule has 0 spiro atoms. The fraction of sp³-hybridized carbons (Fsp3) is 0.387. The molecule has 3 aromatic carbocycles. The molecule has 1 aliphatic rings. The summed E-state index contributed by atoms with van der Waals surface area (Å²) in [6, 6.07) is 9.82. The average molecular weight is 579 g/mol. The van der Waals surface area contributed by atoms with Crippen molar-refractivity contribution < 1.29 is 46.1 Å². The van der Waals surface area contributed by atoms with Crippen LogP contribution in [0.4, 0.5) is 22.0 Å². The van der Waals surface area contributed by atoms with Crippen molar-refractivity contribution in [2.24, 2.45) is 5.92 Å². The molecule has 0 atom stereocenters. The molecular formula is C31H31F5O5. The standard InChI is InChI=1S/C31H31F5O5/c1-3-5-19-16-39-27(40-17-19)13-8-18-6-9-20(10-7-18)21-14-23(32)28(24(33)15-21)31(35,36)41-26-12-11-22(25(37)4-2)30(38)29(26)34/h6-7,9-12,14-15,19,27,38H,3-5,8,13,16-17H2,1-2H3. The van der Waals surface area contributed by atoms with Gasteiger partial charge in [0.2, 0.25) is 5.82 Å². The maximum Gasteiger partial charge on any atom is 0.432 e. The number of benzene rings is 3. The Morgan fingerprint density at radius 2 is 1.59 bits per heavy atom. The van der Waals surface area contributed by atoms with Gasteiger partial charge in [-0.05, 0) is 53.8 Å². The average Bonchev–Trinajstić information content (AvgIpc) is 2.94. The van der Waals surface area contributed by atoms with Crippen LogP contribution in [0.15, 0.2) is 48.5 Å². The van der Waals surface area contributed by atoms with Crippen molar-refractivity contribution in [1.29, 1.82) is 0 Å². The van der Waals surface area contributed by atoms with Gasteiger partial charge in [0, 0.05) is 18.8 Å². The molecule has 0 aromatic heterocycles. The number of Topliss-reactive ketones (excluding diaryl/α,β-unsaturated/α-hetero) is 1. The molecule has 3 aromatic rings. The van der Waals surface area contributed by atoms with Crippen LogP contribution in [-0.2, 0) is 22.0 Å². The lowest BCUT2D eigenvalue weighted by Crippen LogP contribution is -2.32. The van der Waals surface area contributed by atoms with Gasteiger partial charge in [-0.1, -0.05) is 44.5 Å². The summed E-state index contributed by atoms with van der Waals surface area (Å²) in [5.41, 5.74) is -0.810. The van der Waals surface area contributed by atoms with Gasteiger partial charge in [-0.25, -0.2) is 8.78 Å². The number of phenols is 1. The molecule has 1 N–H and O–H groups in total. The molecule has 10 heteroatoms. The minimum atomic E-state index is -4.64. The van der Waals surface area contributed by atoms with Crippen molar-refractivity contribution in [3.63, 3.8) is 0 Å². The number of ketones is 1. The summed E-state index contributed by atoms with van der Waals surface area (Å²) >= 11 is 0. The number of hydrogen-bond acceptors (Lipinski definition) is 5. The monoisotopic (exact) mass is 578 g/mol. The molecule has 4 rings (SSSR count). The fourth-order valence-corrected chi connectivity index (χ4v) is 4.72. The van der Waals surface area contributed by atoms with Gasteiger partial charge in [-0.15, -0.1) is 0 Å². The first-order valence-corrected chi connectivity index (χ1v) is 13.5. The normalized spacial score (nSPS) is 17.4. The summed E-state index contributed by atoms with van der Waals surface area (Å²) in [5, 5.41) is 9.88. The van der Waals surface area contributed by atoms with Crippen molar-refractivity contribution in [3.8, 4) is 22.6 Å². The van der Waals surface area contributed by atoms with E-state index in [1.54, 1.807) is 24.3 Å². The summed E-state index contributed by atoms with van der Waals surface area (Å²) in [6.45, 7) is 4.91. The zero-order chi connectivity index (χ0) is 29.7. The lowest BCUT2D eigenvalue weighted by atomic mass is 9.99. The molecule has 0 radical (unpaired) electrons. The van der Waals surface area contributed by atoms with E-state index in [1.807, 2.05) is 0 Å². The highest BCUT2D eigenvalue weighted by Crippen LogP contribution is 2.40. The molecule has 0 bridgehead atoms. The van der Waals surface area contributed by atoms with Crippen LogP contribution in [0.1, 0.15) is 61.0 Å². The second kappa shape index (κ2) is 13.0. The molecule has 1 saturated heterocycles. The second-order valence-corrected chi connectivity index (χ2v) is 9.97. The van der Waals surface area contributed by atoms with E-state index >= 15 is 0 Å². The van der Waals surface area contributed by atoms with Gasteiger partial charge in [-0.2, -0.15) is 13.2 Å². The smallest absolute Gasteiger partial charge is 0.432 e. The highest BCUT2D eigenvalue weighted by atomic mass is 19.3. The maximum atomic E-state index is 14.9. The Balaban J connectivity index is 1.45. The lowest BCUT2D eigenvalue weighted by Gasteiger charge is -2.29. The Morgan fingerprint density at radius 1 is 0.951 bits per heavy atom. The highest BCUT2D eigenvalue weighted by molar-refractivity contribution is 5.98. The highest BCUT2D eigenvalue weighted by Gasteiger charge is 2.42. The van der Waals surface area contributed by atoms with Gasteiger partial charge in [0.05, 0.1) is 18.8 Å². The van der Waals surface area contributed by atoms with E-state index < -0.39 is 52.0 Å². The van der Waals surface area contributed by atoms with Crippen LogP contribution in [0, 0.1) is 23.4 Å². The Bertz CT molecular complexity index is 1350. The number of hydrogen-bond donors (Lipinski definition) is 1. The number of phenolic OH excluding ortho intramolecular Hbond substituents is 1. The predicted molar refractivity (Wildman–Crippen MR) is 141 cm³/mol. The number of ether oxygens (including phenoxy) is 3. The molecule has 1 aliphatic heterocycles. The zero-order valence-corrected chi connectivity index (χ0v) is 22.7. The largest absolute Gasteiger partial charge is 0.504 e. The van der Waals surface area contributed by atoms with Crippen LogP contribution in [0.5, 0.6) is 11.5 Å². The molecule has 1 heterocycles. The molecule has 41 heavy (non-hydrogen) atoms. The van der Waals surface area contributed by atoms with E-state index in [4.69, 9.17) is 9.47 Å². The summed E-state index contributed by atoms with van der Waals surface area (Å²) in [6.07, 6.45) is -1.59. The SMILES string of the molecule is CCCC1COC(CCc2ccc(-c3cc(F)c(C(F)(F)Oc4ccc(C(=O)CC)c(O)c4F)c(F)c3)cc2)OC1. The van der Waals surface area contributed by atoms with Gasteiger partial charge in [0.15, 0.2) is 23.6 Å². The van der Waals surface area contributed by atoms with E-state index in [0.717, 1.165) is 36.6 Å². The topological polar surface area (TPSA) is 65.0 Å². The predicted octanol–water partition coefficient (Wildman–Crippen LogP) is 7.92. The van der Waals surface area contributed by atoms with E-state index in [1.165, 1.54) is 6.92 Å². The second-order valence-electron chi connectivity index (χ2n) is 9.97. The van der Waals surface area contributed by atoms with Crippen LogP contribution < -0.4 is 4.74 Å². The molecule has 0 aliphatic carbocycles. The van der Waals surface area contributed by atoms with Gasteiger partial charge < -0.3 is 19.3 Å². The fourth-order valence-electron chi connectivity index (χ4n) is 4.72. The van der Waals surface area contributed by atoms with Crippen LogP contribution in [-0.4, -0.2) is 30.4 Å². The summed E-state index contributed by atoms with van der Waals surface area (Å²) in [5.74, 6) is -7.45. The van der Waals surface area contributed by atoms with Crippen molar-refractivity contribution in [2.75, 3.05) is 13.2 Å². The van der Waals surface area contributed by atoms with Crippen molar-refractivity contribution in [3.05, 3.63) is 82.7 Å². The zero-order valence-electron chi connectivity index (χ0n) is 22.7. The van der Waals surface area contributed by atoms with E-state index in [0.29, 0.717) is 43.6 Å². The van der Waals surface area contributed by atoms with Crippen LogP contribution in [0.3, 0.4) is 0 Å². The molecular weight excluding hydrogens is 547 g/mol. The summed E-state index contributed by atoms with van der Waals surface area (Å²) < 4.78 is 89.7. The number of aryl methyl sites for hydroxylation is 1. The van der Waals surface area contributed by atoms with Crippen LogP contribution in [0.2, 0.25) is 0 Å². The molecule has 0 saturated carbocycles. The minimum absolute atomic E-state index is 0.0123.